The first-order valence-corrected chi connectivity index (χ1v) is 9.60. The van der Waals surface area contributed by atoms with Gasteiger partial charge in [-0.1, -0.05) is 26.0 Å². The predicted octanol–water partition coefficient (Wildman–Crippen LogP) is 4.84. The van der Waals surface area contributed by atoms with Gasteiger partial charge in [0.1, 0.15) is 12.3 Å². The summed E-state index contributed by atoms with van der Waals surface area (Å²) in [6, 6.07) is 11.2. The largest absolute Gasteiger partial charge is 0.493 e. The molecule has 0 fully saturated rings. The molecular weight excluding hydrogens is 397 g/mol. The third kappa shape index (κ3) is 6.50. The fourth-order valence-electron chi connectivity index (χ4n) is 2.67. The Kier molecular flexibility index (Phi) is 7.86. The van der Waals surface area contributed by atoms with Crippen molar-refractivity contribution in [2.45, 2.75) is 26.9 Å². The second kappa shape index (κ2) is 10.1. The SMILES string of the molecule is CCN(CC(=O)Nc1ccccc1C(F)(F)F)C(=O)c1ccc(OCC(C)C)cc1. The van der Waals surface area contributed by atoms with Crippen molar-refractivity contribution in [2.24, 2.45) is 5.92 Å². The number of para-hydroxylation sites is 1. The van der Waals surface area contributed by atoms with Crippen LogP contribution in [0.25, 0.3) is 0 Å². The van der Waals surface area contributed by atoms with Crippen molar-refractivity contribution in [1.29, 1.82) is 0 Å². The highest BCUT2D eigenvalue weighted by Gasteiger charge is 2.33. The van der Waals surface area contributed by atoms with Crippen LogP contribution in [0.2, 0.25) is 0 Å². The highest BCUT2D eigenvalue weighted by atomic mass is 19.4. The molecule has 0 saturated carbocycles. The molecule has 2 amide bonds. The quantitative estimate of drug-likeness (QED) is 0.662. The van der Waals surface area contributed by atoms with Crippen molar-refractivity contribution in [3.8, 4) is 5.75 Å². The number of nitrogens with one attached hydrogen (secondary N) is 1. The predicted molar refractivity (Wildman–Crippen MR) is 108 cm³/mol. The van der Waals surface area contributed by atoms with Crippen molar-refractivity contribution in [2.75, 3.05) is 25.0 Å². The number of amides is 2. The molecule has 2 aromatic rings. The Balaban J connectivity index is 2.04. The summed E-state index contributed by atoms with van der Waals surface area (Å²) >= 11 is 0. The molecule has 30 heavy (non-hydrogen) atoms. The lowest BCUT2D eigenvalue weighted by atomic mass is 10.1. The first-order chi connectivity index (χ1) is 14.1. The van der Waals surface area contributed by atoms with Crippen molar-refractivity contribution >= 4 is 17.5 Å². The summed E-state index contributed by atoms with van der Waals surface area (Å²) in [4.78, 5) is 26.3. The molecule has 0 unspecified atom stereocenters. The first kappa shape index (κ1) is 23.3. The molecule has 0 radical (unpaired) electrons. The number of carbonyl (C=O) groups is 2. The van der Waals surface area contributed by atoms with Gasteiger partial charge < -0.3 is 15.0 Å². The number of hydrogen-bond acceptors (Lipinski definition) is 3. The highest BCUT2D eigenvalue weighted by molar-refractivity contribution is 5.99. The van der Waals surface area contributed by atoms with Crippen LogP contribution in [0.3, 0.4) is 0 Å². The fourth-order valence-corrected chi connectivity index (χ4v) is 2.67. The van der Waals surface area contributed by atoms with Gasteiger partial charge in [0.05, 0.1) is 17.9 Å². The second-order valence-electron chi connectivity index (χ2n) is 7.14. The zero-order valence-electron chi connectivity index (χ0n) is 17.1. The summed E-state index contributed by atoms with van der Waals surface area (Å²) < 4.78 is 44.8. The van der Waals surface area contributed by atoms with Crippen LogP contribution in [0.15, 0.2) is 48.5 Å². The third-order valence-corrected chi connectivity index (χ3v) is 4.19. The van der Waals surface area contributed by atoms with Gasteiger partial charge in [-0.25, -0.2) is 0 Å². The number of alkyl halides is 3. The van der Waals surface area contributed by atoms with E-state index in [0.717, 1.165) is 6.07 Å². The minimum atomic E-state index is -4.59. The van der Waals surface area contributed by atoms with Gasteiger partial charge in [-0.3, -0.25) is 9.59 Å². The minimum absolute atomic E-state index is 0.221. The number of ether oxygens (including phenoxy) is 1. The van der Waals surface area contributed by atoms with Crippen LogP contribution in [0.4, 0.5) is 18.9 Å². The molecule has 2 rings (SSSR count). The third-order valence-electron chi connectivity index (χ3n) is 4.19. The van der Waals surface area contributed by atoms with E-state index >= 15 is 0 Å². The van der Waals surface area contributed by atoms with Crippen LogP contribution in [0, 0.1) is 5.92 Å². The standard InChI is InChI=1S/C22H25F3N2O3/c1-4-27(21(29)16-9-11-17(12-10-16)30-14-15(2)3)13-20(28)26-19-8-6-5-7-18(19)22(23,24)25/h5-12,15H,4,13-14H2,1-3H3,(H,26,28). The van der Waals surface area contributed by atoms with Gasteiger partial charge in [0.25, 0.3) is 5.91 Å². The number of halogens is 3. The molecule has 5 nitrogen and oxygen atoms in total. The van der Waals surface area contributed by atoms with Crippen molar-refractivity contribution in [3.05, 3.63) is 59.7 Å². The molecule has 0 bridgehead atoms. The van der Waals surface area contributed by atoms with Crippen LogP contribution < -0.4 is 10.1 Å². The van der Waals surface area contributed by atoms with Gasteiger partial charge in [0.15, 0.2) is 0 Å². The maximum absolute atomic E-state index is 13.1. The molecule has 2 aromatic carbocycles. The van der Waals surface area contributed by atoms with Crippen LogP contribution in [0.1, 0.15) is 36.7 Å². The van der Waals surface area contributed by atoms with E-state index in [0.29, 0.717) is 23.8 Å². The lowest BCUT2D eigenvalue weighted by molar-refractivity contribution is -0.137. The normalized spacial score (nSPS) is 11.3. The van der Waals surface area contributed by atoms with Gasteiger partial charge in [0.2, 0.25) is 5.91 Å². The fraction of sp³-hybridized carbons (Fsp3) is 0.364. The van der Waals surface area contributed by atoms with Crippen LogP contribution in [-0.2, 0) is 11.0 Å². The summed E-state index contributed by atoms with van der Waals surface area (Å²) in [6.07, 6.45) is -4.59. The summed E-state index contributed by atoms with van der Waals surface area (Å²) in [6.45, 7) is 6.14. The zero-order chi connectivity index (χ0) is 22.3. The summed E-state index contributed by atoms with van der Waals surface area (Å²) in [5.41, 5.74) is -0.924. The van der Waals surface area contributed by atoms with E-state index in [2.05, 4.69) is 5.32 Å². The number of likely N-dealkylation sites (N-methyl/N-ethyl adjacent to an activating group) is 1. The average Bonchev–Trinajstić information content (AvgIpc) is 2.70. The van der Waals surface area contributed by atoms with Gasteiger partial charge >= 0.3 is 6.18 Å². The molecule has 0 aliphatic rings. The molecule has 0 aliphatic carbocycles. The number of anilines is 1. The van der Waals surface area contributed by atoms with E-state index in [1.54, 1.807) is 31.2 Å². The topological polar surface area (TPSA) is 58.6 Å². The monoisotopic (exact) mass is 422 g/mol. The Hall–Kier alpha value is -3.03. The Morgan fingerprint density at radius 1 is 1.07 bits per heavy atom. The second-order valence-corrected chi connectivity index (χ2v) is 7.14. The number of benzene rings is 2. The van der Waals surface area contributed by atoms with Crippen molar-refractivity contribution < 1.29 is 27.5 Å². The first-order valence-electron chi connectivity index (χ1n) is 9.60. The minimum Gasteiger partial charge on any atom is -0.493 e. The molecule has 0 aliphatic heterocycles. The maximum Gasteiger partial charge on any atom is 0.418 e. The molecular formula is C22H25F3N2O3. The summed E-state index contributed by atoms with van der Waals surface area (Å²) in [5.74, 6) is -0.112. The average molecular weight is 422 g/mol. The molecule has 1 N–H and O–H groups in total. The summed E-state index contributed by atoms with van der Waals surface area (Å²) in [5, 5.41) is 2.25. The van der Waals surface area contributed by atoms with Crippen molar-refractivity contribution in [1.82, 2.24) is 4.90 Å². The highest BCUT2D eigenvalue weighted by Crippen LogP contribution is 2.34. The maximum atomic E-state index is 13.1. The molecule has 0 saturated heterocycles. The van der Waals surface area contributed by atoms with E-state index in [1.165, 1.54) is 23.1 Å². The smallest absolute Gasteiger partial charge is 0.418 e. The lowest BCUT2D eigenvalue weighted by Crippen LogP contribution is -2.38. The van der Waals surface area contributed by atoms with Gasteiger partial charge in [-0.2, -0.15) is 13.2 Å². The van der Waals surface area contributed by atoms with E-state index in [1.807, 2.05) is 13.8 Å². The summed E-state index contributed by atoms with van der Waals surface area (Å²) in [7, 11) is 0. The van der Waals surface area contributed by atoms with Gasteiger partial charge in [0, 0.05) is 12.1 Å². The molecule has 0 spiro atoms. The number of rotatable bonds is 8. The number of carbonyl (C=O) groups excluding carboxylic acids is 2. The van der Waals surface area contributed by atoms with E-state index in [9.17, 15) is 22.8 Å². The van der Waals surface area contributed by atoms with E-state index in [-0.39, 0.29) is 18.8 Å². The Morgan fingerprint density at radius 2 is 1.70 bits per heavy atom. The molecule has 0 heterocycles. The Morgan fingerprint density at radius 3 is 2.27 bits per heavy atom. The zero-order valence-corrected chi connectivity index (χ0v) is 17.1. The number of hydrogen-bond donors (Lipinski definition) is 1. The van der Waals surface area contributed by atoms with Crippen LogP contribution in [-0.4, -0.2) is 36.4 Å². The van der Waals surface area contributed by atoms with Gasteiger partial charge in [-0.05, 0) is 49.2 Å². The van der Waals surface area contributed by atoms with Crippen molar-refractivity contribution in [3.63, 3.8) is 0 Å². The van der Waals surface area contributed by atoms with Crippen LogP contribution in [0.5, 0.6) is 5.75 Å². The molecule has 162 valence electrons. The van der Waals surface area contributed by atoms with E-state index in [4.69, 9.17) is 4.74 Å². The molecule has 0 atom stereocenters. The lowest BCUT2D eigenvalue weighted by Gasteiger charge is -2.21. The van der Waals surface area contributed by atoms with Gasteiger partial charge in [-0.15, -0.1) is 0 Å². The Labute approximate surface area is 173 Å². The Bertz CT molecular complexity index is 865. The number of nitrogens with zero attached hydrogens (tertiary/aromatic N) is 1. The molecule has 0 aromatic heterocycles. The van der Waals surface area contributed by atoms with Crippen LogP contribution >= 0.6 is 0 Å². The van der Waals surface area contributed by atoms with E-state index < -0.39 is 23.6 Å². The molecule has 8 heteroatoms.